The van der Waals surface area contributed by atoms with Gasteiger partial charge in [-0.1, -0.05) is 0 Å². The summed E-state index contributed by atoms with van der Waals surface area (Å²) in [6, 6.07) is 3.64. The van der Waals surface area contributed by atoms with E-state index in [0.29, 0.717) is 29.9 Å². The first kappa shape index (κ1) is 18.3. The molecule has 3 N–H and O–H groups in total. The molecule has 0 aliphatic carbocycles. The summed E-state index contributed by atoms with van der Waals surface area (Å²) in [5, 5.41) is 15.2. The van der Waals surface area contributed by atoms with Crippen LogP contribution in [0, 0.1) is 13.8 Å². The van der Waals surface area contributed by atoms with Crippen LogP contribution in [0.25, 0.3) is 0 Å². The molecule has 0 saturated carbocycles. The molecule has 140 valence electrons. The Labute approximate surface area is 153 Å². The van der Waals surface area contributed by atoms with Crippen LogP contribution in [0.5, 0.6) is 17.5 Å². The Balaban J connectivity index is 1.72. The summed E-state index contributed by atoms with van der Waals surface area (Å²) in [4.78, 5) is 12.9. The smallest absolute Gasteiger partial charge is 0.229 e. The van der Waals surface area contributed by atoms with Crippen molar-refractivity contribution < 1.29 is 14.6 Å². The average Bonchev–Trinajstić information content (AvgIpc) is 2.66. The van der Waals surface area contributed by atoms with Gasteiger partial charge in [-0.15, -0.1) is 0 Å². The molecular weight excluding hydrogens is 334 g/mol. The van der Waals surface area contributed by atoms with Gasteiger partial charge in [0, 0.05) is 6.54 Å². The lowest BCUT2D eigenvalue weighted by Crippen LogP contribution is -2.34. The van der Waals surface area contributed by atoms with E-state index in [-0.39, 0.29) is 12.7 Å². The molecule has 0 amide bonds. The lowest BCUT2D eigenvalue weighted by atomic mass is 10.1. The Bertz CT molecular complexity index is 735. The number of rotatable bonds is 7. The first-order valence-corrected chi connectivity index (χ1v) is 8.86. The SMILES string of the molecule is Cc1nc(NCCO)ccc1Oc1ncnc(OC2CCNCC2)c1C. The summed E-state index contributed by atoms with van der Waals surface area (Å²) < 4.78 is 12.0. The summed E-state index contributed by atoms with van der Waals surface area (Å²) in [7, 11) is 0. The van der Waals surface area contributed by atoms with Gasteiger partial charge in [0.1, 0.15) is 18.2 Å². The van der Waals surface area contributed by atoms with Crippen LogP contribution < -0.4 is 20.1 Å². The third-order valence-corrected chi connectivity index (χ3v) is 4.22. The topological polar surface area (TPSA) is 101 Å². The highest BCUT2D eigenvalue weighted by atomic mass is 16.5. The predicted octanol–water partition coefficient (Wildman–Crippen LogP) is 1.82. The Morgan fingerprint density at radius 3 is 2.69 bits per heavy atom. The molecule has 0 bridgehead atoms. The number of hydrogen-bond acceptors (Lipinski definition) is 8. The van der Waals surface area contributed by atoms with Crippen molar-refractivity contribution in [2.45, 2.75) is 32.8 Å². The zero-order valence-corrected chi connectivity index (χ0v) is 15.2. The fourth-order valence-electron chi connectivity index (χ4n) is 2.75. The van der Waals surface area contributed by atoms with E-state index in [1.807, 2.05) is 19.9 Å². The van der Waals surface area contributed by atoms with Gasteiger partial charge in [0.15, 0.2) is 5.75 Å². The molecule has 2 aromatic heterocycles. The number of aliphatic hydroxyl groups excluding tert-OH is 1. The van der Waals surface area contributed by atoms with E-state index >= 15 is 0 Å². The molecule has 0 spiro atoms. The summed E-state index contributed by atoms with van der Waals surface area (Å²) >= 11 is 0. The third-order valence-electron chi connectivity index (χ3n) is 4.22. The van der Waals surface area contributed by atoms with Gasteiger partial charge in [-0.2, -0.15) is 0 Å². The van der Waals surface area contributed by atoms with Crippen LogP contribution in [-0.4, -0.2) is 52.4 Å². The number of anilines is 1. The average molecular weight is 359 g/mol. The third kappa shape index (κ3) is 4.59. The highest BCUT2D eigenvalue weighted by molar-refractivity contribution is 5.44. The van der Waals surface area contributed by atoms with E-state index in [9.17, 15) is 0 Å². The van der Waals surface area contributed by atoms with Crippen molar-refractivity contribution >= 4 is 5.82 Å². The van der Waals surface area contributed by atoms with Crippen LogP contribution in [0.15, 0.2) is 18.5 Å². The number of nitrogens with one attached hydrogen (secondary N) is 2. The van der Waals surface area contributed by atoms with Crippen molar-refractivity contribution in [3.8, 4) is 17.5 Å². The van der Waals surface area contributed by atoms with Gasteiger partial charge in [0.2, 0.25) is 11.8 Å². The summed E-state index contributed by atoms with van der Waals surface area (Å²) in [5.74, 6) is 2.34. The lowest BCUT2D eigenvalue weighted by molar-refractivity contribution is 0.154. The van der Waals surface area contributed by atoms with E-state index in [1.165, 1.54) is 6.33 Å². The molecule has 1 aliphatic heterocycles. The molecule has 2 aromatic rings. The zero-order valence-electron chi connectivity index (χ0n) is 15.2. The number of aliphatic hydroxyl groups is 1. The van der Waals surface area contributed by atoms with Crippen molar-refractivity contribution in [3.05, 3.63) is 29.7 Å². The van der Waals surface area contributed by atoms with E-state index in [1.54, 1.807) is 6.07 Å². The molecule has 8 heteroatoms. The number of aromatic nitrogens is 3. The maximum Gasteiger partial charge on any atom is 0.229 e. The second-order valence-corrected chi connectivity index (χ2v) is 6.21. The Kier molecular flexibility index (Phi) is 6.19. The van der Waals surface area contributed by atoms with Crippen LogP contribution in [0.3, 0.4) is 0 Å². The quantitative estimate of drug-likeness (QED) is 0.688. The van der Waals surface area contributed by atoms with Gasteiger partial charge in [-0.3, -0.25) is 0 Å². The van der Waals surface area contributed by atoms with Crippen LogP contribution in [-0.2, 0) is 0 Å². The Morgan fingerprint density at radius 1 is 1.19 bits per heavy atom. The second-order valence-electron chi connectivity index (χ2n) is 6.21. The number of aryl methyl sites for hydroxylation is 1. The highest BCUT2D eigenvalue weighted by Gasteiger charge is 2.18. The molecule has 1 fully saturated rings. The van der Waals surface area contributed by atoms with Gasteiger partial charge in [-0.05, 0) is 51.9 Å². The number of pyridine rings is 1. The number of ether oxygens (including phenoxy) is 2. The molecule has 1 saturated heterocycles. The van der Waals surface area contributed by atoms with Gasteiger partial charge >= 0.3 is 0 Å². The van der Waals surface area contributed by atoms with Crippen molar-refractivity contribution in [2.75, 3.05) is 31.6 Å². The Hall–Kier alpha value is -2.45. The van der Waals surface area contributed by atoms with Gasteiger partial charge in [-0.25, -0.2) is 15.0 Å². The number of piperidine rings is 1. The van der Waals surface area contributed by atoms with Gasteiger partial charge in [0.05, 0.1) is 17.9 Å². The molecule has 3 rings (SSSR count). The van der Waals surface area contributed by atoms with E-state index in [4.69, 9.17) is 14.6 Å². The van der Waals surface area contributed by atoms with Crippen LogP contribution >= 0.6 is 0 Å². The second kappa shape index (κ2) is 8.77. The minimum atomic E-state index is 0.0545. The summed E-state index contributed by atoms with van der Waals surface area (Å²) in [5.41, 5.74) is 1.50. The molecule has 0 unspecified atom stereocenters. The monoisotopic (exact) mass is 359 g/mol. The summed E-state index contributed by atoms with van der Waals surface area (Å²) in [6.45, 7) is 6.18. The van der Waals surface area contributed by atoms with E-state index in [0.717, 1.165) is 37.2 Å². The molecule has 0 aromatic carbocycles. The minimum Gasteiger partial charge on any atom is -0.474 e. The minimum absolute atomic E-state index is 0.0545. The molecule has 0 atom stereocenters. The van der Waals surface area contributed by atoms with Crippen LogP contribution in [0.4, 0.5) is 5.82 Å². The first-order valence-electron chi connectivity index (χ1n) is 8.86. The molecule has 26 heavy (non-hydrogen) atoms. The lowest BCUT2D eigenvalue weighted by Gasteiger charge is -2.24. The Morgan fingerprint density at radius 2 is 1.96 bits per heavy atom. The van der Waals surface area contributed by atoms with E-state index < -0.39 is 0 Å². The van der Waals surface area contributed by atoms with Crippen molar-refractivity contribution in [1.29, 1.82) is 0 Å². The predicted molar refractivity (Wildman–Crippen MR) is 97.9 cm³/mol. The van der Waals surface area contributed by atoms with Crippen molar-refractivity contribution in [3.63, 3.8) is 0 Å². The maximum atomic E-state index is 8.88. The van der Waals surface area contributed by atoms with Gasteiger partial charge < -0.3 is 25.2 Å². The summed E-state index contributed by atoms with van der Waals surface area (Å²) in [6.07, 6.45) is 3.55. The normalized spacial score (nSPS) is 14.9. The first-order chi connectivity index (χ1) is 12.7. The molecular formula is C18H25N5O3. The number of hydrogen-bond donors (Lipinski definition) is 3. The highest BCUT2D eigenvalue weighted by Crippen LogP contribution is 2.30. The maximum absolute atomic E-state index is 8.88. The molecule has 8 nitrogen and oxygen atoms in total. The molecule has 0 radical (unpaired) electrons. The van der Waals surface area contributed by atoms with Crippen molar-refractivity contribution in [1.82, 2.24) is 20.3 Å². The van der Waals surface area contributed by atoms with Crippen molar-refractivity contribution in [2.24, 2.45) is 0 Å². The molecule has 3 heterocycles. The molecule has 1 aliphatic rings. The fourth-order valence-corrected chi connectivity index (χ4v) is 2.75. The largest absolute Gasteiger partial charge is 0.474 e. The standard InChI is InChI=1S/C18H25N5O3/c1-12-17(25-14-5-7-19-8-6-14)21-11-22-18(12)26-15-3-4-16(20-9-10-24)23-13(15)2/h3-4,11,14,19,24H,5-10H2,1-2H3,(H,20,23). The zero-order chi connectivity index (χ0) is 18.4. The number of nitrogens with zero attached hydrogens (tertiary/aromatic N) is 3. The van der Waals surface area contributed by atoms with Crippen LogP contribution in [0.2, 0.25) is 0 Å². The fraction of sp³-hybridized carbons (Fsp3) is 0.500. The van der Waals surface area contributed by atoms with Gasteiger partial charge in [0.25, 0.3) is 0 Å². The van der Waals surface area contributed by atoms with Crippen LogP contribution in [0.1, 0.15) is 24.1 Å². The van der Waals surface area contributed by atoms with E-state index in [2.05, 4.69) is 25.6 Å².